The van der Waals surface area contributed by atoms with Crippen LogP contribution in [0.5, 0.6) is 0 Å². The Labute approximate surface area is 192 Å². The molecule has 0 saturated heterocycles. The number of carbonyl (C=O) groups is 1. The molecule has 1 heterocycles. The van der Waals surface area contributed by atoms with Gasteiger partial charge in [0, 0.05) is 30.7 Å². The van der Waals surface area contributed by atoms with E-state index in [1.54, 1.807) is 12.1 Å². The van der Waals surface area contributed by atoms with Gasteiger partial charge in [0.1, 0.15) is 5.56 Å². The molecule has 0 saturated carbocycles. The SMILES string of the molecule is Cc1cc(-c2ccccc2)cc(-c2ccccc2)[n+]1-c1ccccc1C(=O)O.[O-][Cl+3]([O-])([O-])[O-]. The van der Waals surface area contributed by atoms with E-state index >= 15 is 0 Å². The summed E-state index contributed by atoms with van der Waals surface area (Å²) in [6, 6.07) is 31.6. The van der Waals surface area contributed by atoms with Gasteiger partial charge in [-0.25, -0.2) is 23.4 Å². The highest BCUT2D eigenvalue weighted by atomic mass is 35.7. The number of hydrogen-bond acceptors (Lipinski definition) is 5. The number of carboxylic acids is 1. The summed E-state index contributed by atoms with van der Waals surface area (Å²) < 4.78 is 36.0. The molecule has 7 nitrogen and oxygen atoms in total. The zero-order valence-electron chi connectivity index (χ0n) is 17.6. The third kappa shape index (κ3) is 6.45. The fraction of sp³-hybridized carbons (Fsp3) is 0.0400. The summed E-state index contributed by atoms with van der Waals surface area (Å²) in [5.74, 6) is -0.936. The molecule has 3 aromatic carbocycles. The number of pyridine rings is 1. The lowest BCUT2D eigenvalue weighted by Gasteiger charge is -2.17. The van der Waals surface area contributed by atoms with Crippen LogP contribution in [-0.2, 0) is 0 Å². The maximum Gasteiger partial charge on any atom is 0.342 e. The van der Waals surface area contributed by atoms with Gasteiger partial charge in [-0.3, -0.25) is 0 Å². The lowest BCUT2D eigenvalue weighted by atomic mass is 10.0. The number of nitrogens with zero attached hydrogens (tertiary/aromatic N) is 1. The third-order valence-corrected chi connectivity index (χ3v) is 4.80. The minimum Gasteiger partial charge on any atom is -0.477 e. The molecule has 4 rings (SSSR count). The molecule has 0 aliphatic rings. The molecule has 33 heavy (non-hydrogen) atoms. The van der Waals surface area contributed by atoms with Crippen LogP contribution < -0.4 is 23.2 Å². The van der Waals surface area contributed by atoms with Crippen molar-refractivity contribution in [1.29, 1.82) is 0 Å². The maximum atomic E-state index is 11.8. The predicted octanol–water partition coefficient (Wildman–Crippen LogP) is 0.548. The van der Waals surface area contributed by atoms with Crippen LogP contribution in [0.3, 0.4) is 0 Å². The van der Waals surface area contributed by atoms with Gasteiger partial charge in [-0.2, -0.15) is 4.57 Å². The van der Waals surface area contributed by atoms with Crippen molar-refractivity contribution in [3.63, 3.8) is 0 Å². The largest absolute Gasteiger partial charge is 0.477 e. The van der Waals surface area contributed by atoms with Gasteiger partial charge in [-0.05, 0) is 29.3 Å². The van der Waals surface area contributed by atoms with E-state index in [9.17, 15) is 9.90 Å². The Morgan fingerprint density at radius 1 is 0.727 bits per heavy atom. The van der Waals surface area contributed by atoms with Crippen molar-refractivity contribution in [3.8, 4) is 28.1 Å². The molecule has 0 aliphatic carbocycles. The second-order valence-electron chi connectivity index (χ2n) is 7.04. The van der Waals surface area contributed by atoms with E-state index in [0.717, 1.165) is 28.1 Å². The first-order valence-electron chi connectivity index (χ1n) is 9.77. The standard InChI is InChI=1S/C25H19NO2.ClHO4/c1-18-16-21(19-10-4-2-5-11-19)17-24(20-12-6-3-7-13-20)26(18)23-15-9-8-14-22(23)25(27)28;2-1(3,4)5/h2-17H,1H3;(H,2,3,4,5). The molecule has 1 aromatic heterocycles. The van der Waals surface area contributed by atoms with Crippen molar-refractivity contribution in [2.45, 2.75) is 6.92 Å². The molecular weight excluding hydrogens is 446 g/mol. The molecule has 0 fully saturated rings. The van der Waals surface area contributed by atoms with E-state index in [0.29, 0.717) is 5.69 Å². The van der Waals surface area contributed by atoms with Crippen LogP contribution in [0, 0.1) is 17.2 Å². The monoisotopic (exact) mass is 465 g/mol. The first kappa shape index (κ1) is 24.1. The molecule has 0 spiro atoms. The Morgan fingerprint density at radius 2 is 1.21 bits per heavy atom. The molecule has 0 bridgehead atoms. The zero-order chi connectivity index (χ0) is 24.0. The number of aromatic nitrogens is 1. The molecule has 0 unspecified atom stereocenters. The number of hydrogen-bond donors (Lipinski definition) is 1. The Balaban J connectivity index is 0.000000555. The quantitative estimate of drug-likeness (QED) is 0.437. The normalized spacial score (nSPS) is 10.8. The lowest BCUT2D eigenvalue weighted by molar-refractivity contribution is -2.00. The Bertz CT molecular complexity index is 1230. The van der Waals surface area contributed by atoms with Crippen LogP contribution in [-0.4, -0.2) is 11.1 Å². The minimum atomic E-state index is -4.94. The Morgan fingerprint density at radius 3 is 1.76 bits per heavy atom. The fourth-order valence-corrected chi connectivity index (χ4v) is 3.52. The first-order valence-corrected chi connectivity index (χ1v) is 11.0. The Kier molecular flexibility index (Phi) is 7.55. The van der Waals surface area contributed by atoms with Gasteiger partial charge in [-0.15, -0.1) is 10.2 Å². The average molecular weight is 466 g/mol. The summed E-state index contributed by atoms with van der Waals surface area (Å²) in [5, 5.41) is 9.70. The Hall–Kier alpha value is -3.59. The van der Waals surface area contributed by atoms with Crippen molar-refractivity contribution >= 4 is 5.97 Å². The number of carboxylic acid groups (broad SMARTS) is 1. The second-order valence-corrected chi connectivity index (χ2v) is 7.79. The van der Waals surface area contributed by atoms with E-state index in [1.807, 2.05) is 72.2 Å². The summed E-state index contributed by atoms with van der Waals surface area (Å²) in [4.78, 5) is 11.8. The number of halogens is 1. The molecule has 0 amide bonds. The molecule has 4 aromatic rings. The van der Waals surface area contributed by atoms with Gasteiger partial charge in [0.2, 0.25) is 11.4 Å². The van der Waals surface area contributed by atoms with E-state index < -0.39 is 16.2 Å². The average Bonchev–Trinajstić information content (AvgIpc) is 2.78. The summed E-state index contributed by atoms with van der Waals surface area (Å²) >= 11 is 0. The molecule has 8 heteroatoms. The number of aryl methyl sites for hydroxylation is 1. The molecule has 1 N–H and O–H groups in total. The van der Waals surface area contributed by atoms with Crippen LogP contribution in [0.2, 0.25) is 0 Å². The molecule has 0 aliphatic heterocycles. The second kappa shape index (κ2) is 10.4. The summed E-state index contributed by atoms with van der Waals surface area (Å²) in [5.41, 5.74) is 6.11. The smallest absolute Gasteiger partial charge is 0.342 e. The van der Waals surface area contributed by atoms with Crippen molar-refractivity contribution in [1.82, 2.24) is 0 Å². The topological polar surface area (TPSA) is 133 Å². The maximum absolute atomic E-state index is 11.8. The van der Waals surface area contributed by atoms with E-state index in [4.69, 9.17) is 18.6 Å². The van der Waals surface area contributed by atoms with Crippen molar-refractivity contribution in [3.05, 3.63) is 108 Å². The van der Waals surface area contributed by atoms with Gasteiger partial charge >= 0.3 is 5.97 Å². The molecular formula is C25H20ClNO6. The number of aromatic carboxylic acids is 1. The van der Waals surface area contributed by atoms with Crippen molar-refractivity contribution < 1.29 is 43.3 Å². The summed E-state index contributed by atoms with van der Waals surface area (Å²) in [7, 11) is -4.94. The van der Waals surface area contributed by atoms with Gasteiger partial charge in [0.25, 0.3) is 0 Å². The summed E-state index contributed by atoms with van der Waals surface area (Å²) in [6.45, 7) is 2.01. The number of para-hydroxylation sites is 1. The van der Waals surface area contributed by atoms with Gasteiger partial charge < -0.3 is 5.11 Å². The van der Waals surface area contributed by atoms with Crippen LogP contribution in [0.1, 0.15) is 16.1 Å². The van der Waals surface area contributed by atoms with Crippen molar-refractivity contribution in [2.24, 2.45) is 0 Å². The highest BCUT2D eigenvalue weighted by Gasteiger charge is 2.25. The summed E-state index contributed by atoms with van der Waals surface area (Å²) in [6.07, 6.45) is 0. The van der Waals surface area contributed by atoms with Crippen LogP contribution in [0.25, 0.3) is 28.1 Å². The third-order valence-electron chi connectivity index (χ3n) is 4.80. The molecule has 168 valence electrons. The van der Waals surface area contributed by atoms with Crippen molar-refractivity contribution in [2.75, 3.05) is 0 Å². The molecule has 0 atom stereocenters. The predicted molar refractivity (Wildman–Crippen MR) is 111 cm³/mol. The first-order chi connectivity index (χ1) is 15.6. The highest BCUT2D eigenvalue weighted by Crippen LogP contribution is 2.26. The van der Waals surface area contributed by atoms with Gasteiger partial charge in [0.15, 0.2) is 5.69 Å². The molecule has 0 radical (unpaired) electrons. The van der Waals surface area contributed by atoms with Crippen LogP contribution in [0.15, 0.2) is 97.1 Å². The fourth-order valence-electron chi connectivity index (χ4n) is 3.52. The lowest BCUT2D eigenvalue weighted by Crippen LogP contribution is -2.68. The highest BCUT2D eigenvalue weighted by molar-refractivity contribution is 5.91. The van der Waals surface area contributed by atoms with Crippen LogP contribution in [0.4, 0.5) is 0 Å². The van der Waals surface area contributed by atoms with E-state index in [-0.39, 0.29) is 5.56 Å². The number of rotatable bonds is 4. The van der Waals surface area contributed by atoms with Gasteiger partial charge in [0.05, 0.1) is 0 Å². The zero-order valence-corrected chi connectivity index (χ0v) is 18.3. The minimum absolute atomic E-state index is 0.278. The van der Waals surface area contributed by atoms with E-state index in [1.165, 1.54) is 0 Å². The number of benzene rings is 3. The van der Waals surface area contributed by atoms with E-state index in [2.05, 4.69) is 24.3 Å². The van der Waals surface area contributed by atoms with Gasteiger partial charge in [-0.1, -0.05) is 60.7 Å². The van der Waals surface area contributed by atoms with Crippen LogP contribution >= 0.6 is 0 Å².